The van der Waals surface area contributed by atoms with Crippen molar-refractivity contribution in [3.63, 3.8) is 0 Å². The van der Waals surface area contributed by atoms with Crippen LogP contribution >= 0.6 is 15.9 Å². The van der Waals surface area contributed by atoms with Crippen LogP contribution in [-0.2, 0) is 0 Å². The highest BCUT2D eigenvalue weighted by molar-refractivity contribution is 9.10. The molecule has 0 amide bonds. The SMILES string of the molecule is COc1cc(Br)c(OC)c(C2CCNC2)c1. The van der Waals surface area contributed by atoms with Gasteiger partial charge < -0.3 is 14.8 Å². The number of hydrogen-bond donors (Lipinski definition) is 1. The fourth-order valence-corrected chi connectivity index (χ4v) is 2.76. The van der Waals surface area contributed by atoms with Gasteiger partial charge in [0.15, 0.2) is 0 Å². The van der Waals surface area contributed by atoms with E-state index in [1.165, 1.54) is 5.56 Å². The molecule has 1 aromatic carbocycles. The first kappa shape index (κ1) is 11.7. The first-order chi connectivity index (χ1) is 7.76. The fraction of sp³-hybridized carbons (Fsp3) is 0.500. The standard InChI is InChI=1S/C12H16BrNO2/c1-15-9-5-10(8-3-4-14-7-8)12(16-2)11(13)6-9/h5-6,8,14H,3-4,7H2,1-2H3. The predicted molar refractivity (Wildman–Crippen MR) is 67.5 cm³/mol. The summed E-state index contributed by atoms with van der Waals surface area (Å²) in [5, 5.41) is 3.37. The number of halogens is 1. The van der Waals surface area contributed by atoms with Crippen molar-refractivity contribution in [3.8, 4) is 11.5 Å². The van der Waals surface area contributed by atoms with Gasteiger partial charge in [-0.15, -0.1) is 0 Å². The van der Waals surface area contributed by atoms with Gasteiger partial charge in [-0.3, -0.25) is 0 Å². The van der Waals surface area contributed by atoms with Crippen LogP contribution in [-0.4, -0.2) is 27.3 Å². The van der Waals surface area contributed by atoms with Crippen molar-refractivity contribution in [1.82, 2.24) is 5.32 Å². The van der Waals surface area contributed by atoms with Crippen molar-refractivity contribution in [2.45, 2.75) is 12.3 Å². The molecule has 88 valence electrons. The van der Waals surface area contributed by atoms with E-state index in [2.05, 4.69) is 27.3 Å². The third kappa shape index (κ3) is 2.18. The average Bonchev–Trinajstić information content (AvgIpc) is 2.81. The molecule has 1 N–H and O–H groups in total. The molecule has 3 nitrogen and oxygen atoms in total. The average molecular weight is 286 g/mol. The third-order valence-corrected chi connectivity index (χ3v) is 3.57. The number of rotatable bonds is 3. The highest BCUT2D eigenvalue weighted by atomic mass is 79.9. The molecule has 1 unspecified atom stereocenters. The molecule has 4 heteroatoms. The Bertz CT molecular complexity index is 376. The summed E-state index contributed by atoms with van der Waals surface area (Å²) < 4.78 is 11.7. The Morgan fingerprint density at radius 2 is 2.12 bits per heavy atom. The number of ether oxygens (including phenoxy) is 2. The van der Waals surface area contributed by atoms with Gasteiger partial charge in [0, 0.05) is 18.0 Å². The zero-order valence-electron chi connectivity index (χ0n) is 9.55. The maximum atomic E-state index is 5.46. The largest absolute Gasteiger partial charge is 0.497 e. The van der Waals surface area contributed by atoms with Crippen LogP contribution in [0.5, 0.6) is 11.5 Å². The quantitative estimate of drug-likeness (QED) is 0.926. The molecule has 1 atom stereocenters. The molecular formula is C12H16BrNO2. The summed E-state index contributed by atoms with van der Waals surface area (Å²) >= 11 is 3.52. The molecular weight excluding hydrogens is 270 g/mol. The van der Waals surface area contributed by atoms with Crippen LogP contribution < -0.4 is 14.8 Å². The smallest absolute Gasteiger partial charge is 0.136 e. The van der Waals surface area contributed by atoms with Crippen molar-refractivity contribution >= 4 is 15.9 Å². The van der Waals surface area contributed by atoms with E-state index in [4.69, 9.17) is 9.47 Å². The van der Waals surface area contributed by atoms with Crippen LogP contribution in [0.2, 0.25) is 0 Å². The minimum absolute atomic E-state index is 0.515. The lowest BCUT2D eigenvalue weighted by atomic mass is 9.97. The Morgan fingerprint density at radius 1 is 1.31 bits per heavy atom. The molecule has 1 aliphatic heterocycles. The summed E-state index contributed by atoms with van der Waals surface area (Å²) in [6.45, 7) is 2.08. The van der Waals surface area contributed by atoms with E-state index in [1.807, 2.05) is 6.07 Å². The predicted octanol–water partition coefficient (Wildman–Crippen LogP) is 2.54. The zero-order valence-corrected chi connectivity index (χ0v) is 11.1. The lowest BCUT2D eigenvalue weighted by Crippen LogP contribution is -2.09. The molecule has 2 rings (SSSR count). The van der Waals surface area contributed by atoms with E-state index >= 15 is 0 Å². The summed E-state index contributed by atoms with van der Waals surface area (Å²) in [5.74, 6) is 2.31. The third-order valence-electron chi connectivity index (χ3n) is 2.99. The molecule has 1 heterocycles. The van der Waals surface area contributed by atoms with Crippen LogP contribution in [0.3, 0.4) is 0 Å². The Hall–Kier alpha value is -0.740. The second kappa shape index (κ2) is 5.06. The lowest BCUT2D eigenvalue weighted by Gasteiger charge is -2.16. The van der Waals surface area contributed by atoms with Crippen molar-refractivity contribution in [2.75, 3.05) is 27.3 Å². The van der Waals surface area contributed by atoms with Gasteiger partial charge in [-0.1, -0.05) is 0 Å². The number of nitrogens with one attached hydrogen (secondary N) is 1. The summed E-state index contributed by atoms with van der Waals surface area (Å²) in [6.07, 6.45) is 1.15. The van der Waals surface area contributed by atoms with Gasteiger partial charge in [-0.05, 0) is 41.0 Å². The van der Waals surface area contributed by atoms with Crippen LogP contribution in [0.25, 0.3) is 0 Å². The molecule has 0 spiro atoms. The fourth-order valence-electron chi connectivity index (χ4n) is 2.15. The van der Waals surface area contributed by atoms with Crippen LogP contribution in [0, 0.1) is 0 Å². The Kier molecular flexibility index (Phi) is 3.71. The Morgan fingerprint density at radius 3 is 2.69 bits per heavy atom. The van der Waals surface area contributed by atoms with E-state index in [1.54, 1.807) is 14.2 Å². The van der Waals surface area contributed by atoms with Crippen LogP contribution in [0.4, 0.5) is 0 Å². The lowest BCUT2D eigenvalue weighted by molar-refractivity contribution is 0.393. The van der Waals surface area contributed by atoms with Gasteiger partial charge in [-0.25, -0.2) is 0 Å². The van der Waals surface area contributed by atoms with Crippen LogP contribution in [0.15, 0.2) is 16.6 Å². The van der Waals surface area contributed by atoms with E-state index in [-0.39, 0.29) is 0 Å². The van der Waals surface area contributed by atoms with E-state index in [0.717, 1.165) is 35.5 Å². The number of benzene rings is 1. The van der Waals surface area contributed by atoms with Crippen molar-refractivity contribution in [3.05, 3.63) is 22.2 Å². The molecule has 0 saturated carbocycles. The molecule has 1 aliphatic rings. The summed E-state index contributed by atoms with van der Waals surface area (Å²) in [7, 11) is 3.39. The van der Waals surface area contributed by atoms with Crippen molar-refractivity contribution in [1.29, 1.82) is 0 Å². The van der Waals surface area contributed by atoms with E-state index < -0.39 is 0 Å². The minimum Gasteiger partial charge on any atom is -0.497 e. The highest BCUT2D eigenvalue weighted by Gasteiger charge is 2.22. The number of methoxy groups -OCH3 is 2. The maximum Gasteiger partial charge on any atom is 0.136 e. The second-order valence-corrected chi connectivity index (χ2v) is 4.78. The van der Waals surface area contributed by atoms with E-state index in [9.17, 15) is 0 Å². The van der Waals surface area contributed by atoms with Gasteiger partial charge in [0.1, 0.15) is 11.5 Å². The van der Waals surface area contributed by atoms with Gasteiger partial charge in [0.25, 0.3) is 0 Å². The molecule has 0 aromatic heterocycles. The molecule has 1 aromatic rings. The molecule has 0 aliphatic carbocycles. The molecule has 16 heavy (non-hydrogen) atoms. The Balaban J connectivity index is 2.42. The molecule has 1 fully saturated rings. The maximum absolute atomic E-state index is 5.46. The van der Waals surface area contributed by atoms with Gasteiger partial charge in [-0.2, -0.15) is 0 Å². The van der Waals surface area contributed by atoms with Crippen molar-refractivity contribution < 1.29 is 9.47 Å². The van der Waals surface area contributed by atoms with Crippen LogP contribution in [0.1, 0.15) is 17.9 Å². The zero-order chi connectivity index (χ0) is 11.5. The molecule has 0 radical (unpaired) electrons. The topological polar surface area (TPSA) is 30.5 Å². The first-order valence-corrected chi connectivity index (χ1v) is 6.17. The summed E-state index contributed by atoms with van der Waals surface area (Å²) in [6, 6.07) is 4.01. The minimum atomic E-state index is 0.515. The molecule has 1 saturated heterocycles. The first-order valence-electron chi connectivity index (χ1n) is 5.38. The van der Waals surface area contributed by atoms with Gasteiger partial charge >= 0.3 is 0 Å². The van der Waals surface area contributed by atoms with Crippen molar-refractivity contribution in [2.24, 2.45) is 0 Å². The monoisotopic (exact) mass is 285 g/mol. The molecule has 0 bridgehead atoms. The van der Waals surface area contributed by atoms with Gasteiger partial charge in [0.2, 0.25) is 0 Å². The Labute approximate surface area is 104 Å². The summed E-state index contributed by atoms with van der Waals surface area (Å²) in [4.78, 5) is 0. The second-order valence-electron chi connectivity index (χ2n) is 3.92. The van der Waals surface area contributed by atoms with E-state index in [0.29, 0.717) is 5.92 Å². The number of hydrogen-bond acceptors (Lipinski definition) is 3. The summed E-state index contributed by atoms with van der Waals surface area (Å²) in [5.41, 5.74) is 1.22. The highest BCUT2D eigenvalue weighted by Crippen LogP contribution is 2.39. The normalized spacial score (nSPS) is 19.8. The van der Waals surface area contributed by atoms with Gasteiger partial charge in [0.05, 0.1) is 18.7 Å².